The summed E-state index contributed by atoms with van der Waals surface area (Å²) >= 11 is 0. The van der Waals surface area contributed by atoms with Crippen LogP contribution in [-0.2, 0) is 76.1 Å². The number of unbranched alkanes of at least 4 members (excludes halogenated alkanes) is 9. The SMILES string of the molecule is C=C(CCCNC(=O)C(NC(=O)COC(C)C)C(C)OC(C)C)CC(COCCCOCCCCC(=O)CCCCCOC(C)C)(COCCCOCCCCC(=O)CCCCCOC(C)C)COCCCOCCCCC(=O)CCCCCOC(C)C. The molecule has 2 amide bonds. The van der Waals surface area contributed by atoms with Crippen molar-refractivity contribution in [2.75, 3.05) is 112 Å². The average molecular weight is 1260 g/mol. The van der Waals surface area contributed by atoms with Crippen LogP contribution in [-0.4, -0.2) is 184 Å². The molecule has 0 bridgehead atoms. The Balaban J connectivity index is 5.71. The first-order valence-corrected chi connectivity index (χ1v) is 34.6. The van der Waals surface area contributed by atoms with E-state index < -0.39 is 23.5 Å². The Morgan fingerprint density at radius 2 is 0.693 bits per heavy atom. The summed E-state index contributed by atoms with van der Waals surface area (Å²) in [5, 5.41) is 5.82. The fourth-order valence-electron chi connectivity index (χ4n) is 9.59. The first-order valence-electron chi connectivity index (χ1n) is 34.6. The molecule has 0 aromatic rings. The first kappa shape index (κ1) is 85.2. The molecule has 18 nitrogen and oxygen atoms in total. The molecule has 0 rings (SSSR count). The topological polar surface area (TPSA) is 211 Å². The summed E-state index contributed by atoms with van der Waals surface area (Å²) < 4.78 is 65.5. The monoisotopic (exact) mass is 1260 g/mol. The maximum Gasteiger partial charge on any atom is 0.246 e. The molecule has 0 aliphatic carbocycles. The van der Waals surface area contributed by atoms with E-state index in [-0.39, 0.29) is 43.0 Å². The summed E-state index contributed by atoms with van der Waals surface area (Å²) in [5.41, 5.74) is 0.378. The van der Waals surface area contributed by atoms with Gasteiger partial charge in [-0.2, -0.15) is 0 Å². The van der Waals surface area contributed by atoms with Crippen molar-refractivity contribution in [2.24, 2.45) is 5.41 Å². The Hall–Kier alpha value is -2.75. The number of amides is 2. The minimum Gasteiger partial charge on any atom is -0.381 e. The number of hydrogen-bond acceptors (Lipinski definition) is 16. The minimum atomic E-state index is -0.904. The van der Waals surface area contributed by atoms with Crippen LogP contribution in [0, 0.1) is 5.41 Å². The third-order valence-electron chi connectivity index (χ3n) is 14.3. The van der Waals surface area contributed by atoms with E-state index in [1.807, 2.05) is 69.2 Å². The van der Waals surface area contributed by atoms with E-state index in [1.54, 1.807) is 6.92 Å². The van der Waals surface area contributed by atoms with E-state index in [4.69, 9.17) is 52.1 Å². The number of carbonyl (C=O) groups excluding carboxylic acids is 5. The zero-order chi connectivity index (χ0) is 65.3. The molecule has 0 saturated carbocycles. The summed E-state index contributed by atoms with van der Waals surface area (Å²) in [6, 6.07) is -0.904. The highest BCUT2D eigenvalue weighted by molar-refractivity contribution is 5.88. The van der Waals surface area contributed by atoms with Gasteiger partial charge >= 0.3 is 0 Å². The van der Waals surface area contributed by atoms with Crippen molar-refractivity contribution in [1.82, 2.24) is 10.6 Å². The highest BCUT2D eigenvalue weighted by Gasteiger charge is 2.33. The largest absolute Gasteiger partial charge is 0.381 e. The van der Waals surface area contributed by atoms with Crippen molar-refractivity contribution in [1.29, 1.82) is 0 Å². The second-order valence-electron chi connectivity index (χ2n) is 25.3. The first-order chi connectivity index (χ1) is 42.2. The van der Waals surface area contributed by atoms with Gasteiger partial charge in [-0.1, -0.05) is 31.4 Å². The number of Topliss-reactive ketones (excluding diaryl/α,β-unsaturated/α-hetero) is 3. The molecular formula is C70H132N2O16. The molecule has 2 N–H and O–H groups in total. The van der Waals surface area contributed by atoms with Crippen molar-refractivity contribution in [3.05, 3.63) is 12.2 Å². The Labute approximate surface area is 535 Å². The molecule has 0 aliphatic rings. The quantitative estimate of drug-likeness (QED) is 0.0428. The van der Waals surface area contributed by atoms with Gasteiger partial charge in [-0.15, -0.1) is 0 Å². The molecule has 0 fully saturated rings. The highest BCUT2D eigenvalue weighted by atomic mass is 16.5. The second-order valence-corrected chi connectivity index (χ2v) is 25.3. The Kier molecular flexibility index (Phi) is 57.4. The lowest BCUT2D eigenvalue weighted by Gasteiger charge is -2.34. The van der Waals surface area contributed by atoms with E-state index in [0.29, 0.717) is 180 Å². The average Bonchev–Trinajstić information content (AvgIpc) is 3.56. The summed E-state index contributed by atoms with van der Waals surface area (Å²) in [4.78, 5) is 63.7. The number of nitrogens with one attached hydrogen (secondary N) is 2. The van der Waals surface area contributed by atoms with Crippen LogP contribution in [0.15, 0.2) is 12.2 Å². The Bertz CT molecular complexity index is 1570. The van der Waals surface area contributed by atoms with Crippen molar-refractivity contribution in [3.8, 4) is 0 Å². The molecule has 2 unspecified atom stereocenters. The third kappa shape index (κ3) is 57.2. The highest BCUT2D eigenvalue weighted by Crippen LogP contribution is 2.30. The summed E-state index contributed by atoms with van der Waals surface area (Å²) in [7, 11) is 0. The molecule has 88 heavy (non-hydrogen) atoms. The third-order valence-corrected chi connectivity index (χ3v) is 14.3. The lowest BCUT2D eigenvalue weighted by Crippen LogP contribution is -2.54. The summed E-state index contributed by atoms with van der Waals surface area (Å²) in [6.45, 7) is 34.3. The van der Waals surface area contributed by atoms with E-state index in [0.717, 1.165) is 122 Å². The van der Waals surface area contributed by atoms with Crippen LogP contribution < -0.4 is 10.6 Å². The molecule has 0 aromatic carbocycles. The van der Waals surface area contributed by atoms with Gasteiger partial charge in [0.25, 0.3) is 0 Å². The summed E-state index contributed by atoms with van der Waals surface area (Å²) in [5.74, 6) is 0.222. The van der Waals surface area contributed by atoms with Crippen molar-refractivity contribution in [2.45, 2.75) is 292 Å². The van der Waals surface area contributed by atoms with Crippen LogP contribution in [0.3, 0.4) is 0 Å². The molecule has 518 valence electrons. The van der Waals surface area contributed by atoms with Crippen LogP contribution in [0.2, 0.25) is 0 Å². The molecular weight excluding hydrogens is 1120 g/mol. The minimum absolute atomic E-state index is 0.136. The molecule has 18 heteroatoms. The zero-order valence-corrected chi connectivity index (χ0v) is 57.9. The predicted molar refractivity (Wildman–Crippen MR) is 351 cm³/mol. The van der Waals surface area contributed by atoms with Crippen molar-refractivity contribution in [3.63, 3.8) is 0 Å². The zero-order valence-electron chi connectivity index (χ0n) is 57.9. The molecule has 0 radical (unpaired) electrons. The number of ketones is 3. The van der Waals surface area contributed by atoms with E-state index in [2.05, 4.69) is 17.2 Å². The van der Waals surface area contributed by atoms with Crippen LogP contribution in [0.5, 0.6) is 0 Å². The standard InChI is InChI=1S/C70H132N2O16/c1-57(2)84-49-22-13-16-33-64(73)36-19-25-40-78-43-29-46-81-54-70(55-82-47-30-44-79-41-26-20-37-65(74)34-17-14-23-50-85-58(3)4,56-83-48-31-45-80-42-27-21-38-66(75)35-18-15-24-51-86-59(5)6)52-62(11)32-28-39-71-69(77)68(63(12)88-61(9)10)72-67(76)53-87-60(7)8/h57-61,63,68H,11,13-56H2,1-10,12H3,(H,71,77)(H,72,76). The molecule has 0 aliphatic heterocycles. The fraction of sp³-hybridized carbons (Fsp3) is 0.900. The van der Waals surface area contributed by atoms with E-state index >= 15 is 0 Å². The van der Waals surface area contributed by atoms with E-state index in [1.165, 1.54) is 0 Å². The second kappa shape index (κ2) is 59.3. The number of hydrogen-bond donors (Lipinski definition) is 2. The van der Waals surface area contributed by atoms with Crippen LogP contribution in [0.4, 0.5) is 0 Å². The number of ether oxygens (including phenoxy) is 11. The van der Waals surface area contributed by atoms with Gasteiger partial charge in [0, 0.05) is 130 Å². The molecule has 2 atom stereocenters. The predicted octanol–water partition coefficient (Wildman–Crippen LogP) is 13.0. The van der Waals surface area contributed by atoms with Gasteiger partial charge in [-0.3, -0.25) is 24.0 Å². The van der Waals surface area contributed by atoms with Gasteiger partial charge in [-0.05, 0) is 192 Å². The van der Waals surface area contributed by atoms with Crippen LogP contribution in [0.1, 0.15) is 250 Å². The smallest absolute Gasteiger partial charge is 0.246 e. The molecule has 0 aromatic heterocycles. The van der Waals surface area contributed by atoms with Crippen LogP contribution >= 0.6 is 0 Å². The Morgan fingerprint density at radius 1 is 0.364 bits per heavy atom. The number of allylic oxidation sites excluding steroid dienone is 1. The van der Waals surface area contributed by atoms with E-state index in [9.17, 15) is 24.0 Å². The van der Waals surface area contributed by atoms with Gasteiger partial charge < -0.3 is 62.7 Å². The molecule has 0 spiro atoms. The van der Waals surface area contributed by atoms with Crippen molar-refractivity contribution >= 4 is 29.2 Å². The molecule has 0 saturated heterocycles. The van der Waals surface area contributed by atoms with Gasteiger partial charge in [0.05, 0.1) is 56.4 Å². The maximum absolute atomic E-state index is 13.6. The molecule has 0 heterocycles. The fourth-order valence-corrected chi connectivity index (χ4v) is 9.59. The van der Waals surface area contributed by atoms with Crippen LogP contribution in [0.25, 0.3) is 0 Å². The van der Waals surface area contributed by atoms with Crippen molar-refractivity contribution < 1.29 is 76.1 Å². The van der Waals surface area contributed by atoms with Gasteiger partial charge in [0.1, 0.15) is 30.0 Å². The summed E-state index contributed by atoms with van der Waals surface area (Å²) in [6.07, 6.45) is 21.0. The lowest BCUT2D eigenvalue weighted by molar-refractivity contribution is -0.136. The van der Waals surface area contributed by atoms with Gasteiger partial charge in [0.15, 0.2) is 0 Å². The van der Waals surface area contributed by atoms with Gasteiger partial charge in [-0.25, -0.2) is 0 Å². The lowest BCUT2D eigenvalue weighted by atomic mass is 9.82. The Morgan fingerprint density at radius 3 is 1.05 bits per heavy atom. The van der Waals surface area contributed by atoms with Gasteiger partial charge in [0.2, 0.25) is 11.8 Å². The normalized spacial score (nSPS) is 12.7. The maximum atomic E-state index is 13.6. The number of rotatable bonds is 68. The number of carbonyl (C=O) groups is 5.